The van der Waals surface area contributed by atoms with Gasteiger partial charge in [0.2, 0.25) is 5.91 Å². The number of aromatic nitrogens is 2. The number of benzene rings is 1. The van der Waals surface area contributed by atoms with Crippen molar-refractivity contribution < 1.29 is 18.4 Å². The minimum atomic E-state index is -0.130. The molecule has 0 saturated heterocycles. The third-order valence-electron chi connectivity index (χ3n) is 2.90. The molecule has 1 amide bonds. The van der Waals surface area contributed by atoms with Crippen LogP contribution in [-0.4, -0.2) is 35.0 Å². The fourth-order valence-corrected chi connectivity index (χ4v) is 2.42. The van der Waals surface area contributed by atoms with E-state index in [-0.39, 0.29) is 11.7 Å². The molecule has 0 unspecified atom stereocenters. The van der Waals surface area contributed by atoms with Crippen LogP contribution in [0.5, 0.6) is 5.75 Å². The summed E-state index contributed by atoms with van der Waals surface area (Å²) < 4.78 is 16.1. The summed E-state index contributed by atoms with van der Waals surface area (Å²) >= 11 is 1.17. The largest absolute Gasteiger partial charge is 0.492 e. The molecular formula is C16H15N3O4S. The molecule has 2 heterocycles. The number of hydrogen-bond donors (Lipinski definition) is 1. The Morgan fingerprint density at radius 1 is 1.17 bits per heavy atom. The molecule has 124 valence electrons. The van der Waals surface area contributed by atoms with Gasteiger partial charge in [-0.25, -0.2) is 0 Å². The molecule has 0 atom stereocenters. The number of amides is 1. The molecule has 1 aromatic carbocycles. The van der Waals surface area contributed by atoms with E-state index < -0.39 is 0 Å². The van der Waals surface area contributed by atoms with Gasteiger partial charge in [-0.05, 0) is 24.3 Å². The van der Waals surface area contributed by atoms with Crippen LogP contribution >= 0.6 is 11.8 Å². The number of carbonyl (C=O) groups excluding carboxylic acids is 1. The number of thioether (sulfide) groups is 1. The fourth-order valence-electron chi connectivity index (χ4n) is 1.82. The summed E-state index contributed by atoms with van der Waals surface area (Å²) in [6.45, 7) is 0.833. The predicted molar refractivity (Wildman–Crippen MR) is 87.7 cm³/mol. The van der Waals surface area contributed by atoms with Crippen molar-refractivity contribution in [1.29, 1.82) is 0 Å². The maximum Gasteiger partial charge on any atom is 0.284 e. The minimum Gasteiger partial charge on any atom is -0.492 e. The zero-order valence-corrected chi connectivity index (χ0v) is 13.5. The molecule has 0 bridgehead atoms. The maximum atomic E-state index is 11.8. The lowest BCUT2D eigenvalue weighted by Crippen LogP contribution is -2.29. The van der Waals surface area contributed by atoms with Crippen LogP contribution in [-0.2, 0) is 4.79 Å². The highest BCUT2D eigenvalue weighted by Gasteiger charge is 2.12. The van der Waals surface area contributed by atoms with Crippen LogP contribution in [0.4, 0.5) is 0 Å². The Kier molecular flexibility index (Phi) is 5.52. The van der Waals surface area contributed by atoms with Gasteiger partial charge in [0.25, 0.3) is 11.1 Å². The van der Waals surface area contributed by atoms with Gasteiger partial charge in [-0.1, -0.05) is 30.0 Å². The zero-order valence-electron chi connectivity index (χ0n) is 12.7. The Labute approximate surface area is 142 Å². The molecule has 3 aromatic rings. The summed E-state index contributed by atoms with van der Waals surface area (Å²) in [5, 5.41) is 10.8. The number of nitrogens with zero attached hydrogens (tertiary/aromatic N) is 2. The van der Waals surface area contributed by atoms with Crippen molar-refractivity contribution in [2.75, 3.05) is 18.9 Å². The molecule has 0 spiro atoms. The van der Waals surface area contributed by atoms with Crippen LogP contribution in [0.2, 0.25) is 0 Å². The summed E-state index contributed by atoms with van der Waals surface area (Å²) in [4.78, 5) is 11.8. The first-order valence-corrected chi connectivity index (χ1v) is 8.24. The Morgan fingerprint density at radius 3 is 2.83 bits per heavy atom. The third kappa shape index (κ3) is 4.63. The van der Waals surface area contributed by atoms with Gasteiger partial charge in [-0.3, -0.25) is 4.79 Å². The van der Waals surface area contributed by atoms with Crippen molar-refractivity contribution in [2.24, 2.45) is 0 Å². The van der Waals surface area contributed by atoms with Crippen molar-refractivity contribution in [2.45, 2.75) is 5.22 Å². The molecular weight excluding hydrogens is 330 g/mol. The lowest BCUT2D eigenvalue weighted by Gasteiger charge is -2.06. The van der Waals surface area contributed by atoms with Gasteiger partial charge < -0.3 is 18.9 Å². The number of hydrogen-bond acceptors (Lipinski definition) is 7. The van der Waals surface area contributed by atoms with Gasteiger partial charge >= 0.3 is 0 Å². The Bertz CT molecular complexity index is 759. The minimum absolute atomic E-state index is 0.130. The monoisotopic (exact) mass is 345 g/mol. The van der Waals surface area contributed by atoms with Gasteiger partial charge in [-0.15, -0.1) is 10.2 Å². The van der Waals surface area contributed by atoms with Crippen molar-refractivity contribution >= 4 is 17.7 Å². The quantitative estimate of drug-likeness (QED) is 0.496. The highest BCUT2D eigenvalue weighted by atomic mass is 32.2. The van der Waals surface area contributed by atoms with Gasteiger partial charge in [0.15, 0.2) is 5.76 Å². The van der Waals surface area contributed by atoms with E-state index in [0.29, 0.717) is 30.0 Å². The summed E-state index contributed by atoms with van der Waals surface area (Å²) in [7, 11) is 0. The molecule has 0 radical (unpaired) electrons. The molecule has 7 nitrogen and oxygen atoms in total. The maximum absolute atomic E-state index is 11.8. The van der Waals surface area contributed by atoms with Crippen LogP contribution in [0.15, 0.2) is 62.8 Å². The number of furan rings is 1. The van der Waals surface area contributed by atoms with Gasteiger partial charge in [0.1, 0.15) is 12.4 Å². The third-order valence-corrected chi connectivity index (χ3v) is 3.72. The highest BCUT2D eigenvalue weighted by molar-refractivity contribution is 7.99. The first kappa shape index (κ1) is 16.1. The first-order chi connectivity index (χ1) is 11.8. The highest BCUT2D eigenvalue weighted by Crippen LogP contribution is 2.23. The molecule has 24 heavy (non-hydrogen) atoms. The second kappa shape index (κ2) is 8.21. The van der Waals surface area contributed by atoms with E-state index in [1.807, 2.05) is 30.3 Å². The van der Waals surface area contributed by atoms with Crippen LogP contribution < -0.4 is 10.1 Å². The van der Waals surface area contributed by atoms with Crippen LogP contribution in [0.25, 0.3) is 11.7 Å². The molecule has 0 fully saturated rings. The predicted octanol–water partition coefficient (Wildman–Crippen LogP) is 2.62. The van der Waals surface area contributed by atoms with E-state index in [2.05, 4.69) is 15.5 Å². The summed E-state index contributed by atoms with van der Waals surface area (Å²) in [6.07, 6.45) is 1.53. The normalized spacial score (nSPS) is 10.5. The SMILES string of the molecule is O=C(CSc1nnc(-c2ccco2)o1)NCCOc1ccccc1. The summed E-state index contributed by atoms with van der Waals surface area (Å²) in [5.74, 6) is 1.62. The molecule has 0 aliphatic heterocycles. The number of carbonyl (C=O) groups is 1. The number of nitrogens with one attached hydrogen (secondary N) is 1. The van der Waals surface area contributed by atoms with Crippen LogP contribution in [0.1, 0.15) is 0 Å². The second-order valence-corrected chi connectivity index (χ2v) is 5.58. The van der Waals surface area contributed by atoms with E-state index in [1.54, 1.807) is 12.1 Å². The summed E-state index contributed by atoms with van der Waals surface area (Å²) in [5.41, 5.74) is 0. The van der Waals surface area contributed by atoms with Crippen molar-refractivity contribution in [1.82, 2.24) is 15.5 Å². The number of para-hydroxylation sites is 1. The molecule has 0 saturated carbocycles. The standard InChI is InChI=1S/C16H15N3O4S/c20-14(17-8-10-21-12-5-2-1-3-6-12)11-24-16-19-18-15(23-16)13-7-4-9-22-13/h1-7,9H,8,10-11H2,(H,17,20). The van der Waals surface area contributed by atoms with E-state index >= 15 is 0 Å². The molecule has 8 heteroatoms. The van der Waals surface area contributed by atoms with E-state index in [9.17, 15) is 4.79 Å². The van der Waals surface area contributed by atoms with E-state index in [0.717, 1.165) is 5.75 Å². The smallest absolute Gasteiger partial charge is 0.284 e. The van der Waals surface area contributed by atoms with Gasteiger partial charge in [0.05, 0.1) is 18.6 Å². The van der Waals surface area contributed by atoms with Crippen molar-refractivity contribution in [3.05, 3.63) is 48.7 Å². The Morgan fingerprint density at radius 2 is 2.04 bits per heavy atom. The van der Waals surface area contributed by atoms with Gasteiger partial charge in [-0.2, -0.15) is 0 Å². The van der Waals surface area contributed by atoms with Gasteiger partial charge in [0, 0.05) is 0 Å². The Balaban J connectivity index is 1.35. The lowest BCUT2D eigenvalue weighted by molar-refractivity contribution is -0.118. The average Bonchev–Trinajstić information content (AvgIpc) is 3.29. The van der Waals surface area contributed by atoms with Crippen LogP contribution in [0, 0.1) is 0 Å². The second-order valence-electron chi connectivity index (χ2n) is 4.65. The van der Waals surface area contributed by atoms with E-state index in [4.69, 9.17) is 13.6 Å². The first-order valence-electron chi connectivity index (χ1n) is 7.26. The Hall–Kier alpha value is -2.74. The fraction of sp³-hybridized carbons (Fsp3) is 0.188. The zero-order chi connectivity index (χ0) is 16.6. The van der Waals surface area contributed by atoms with Crippen LogP contribution in [0.3, 0.4) is 0 Å². The average molecular weight is 345 g/mol. The topological polar surface area (TPSA) is 90.4 Å². The molecule has 1 N–H and O–H groups in total. The van der Waals surface area contributed by atoms with Crippen molar-refractivity contribution in [3.63, 3.8) is 0 Å². The van der Waals surface area contributed by atoms with E-state index in [1.165, 1.54) is 18.0 Å². The number of ether oxygens (including phenoxy) is 1. The molecule has 0 aliphatic rings. The molecule has 0 aliphatic carbocycles. The number of rotatable bonds is 8. The lowest BCUT2D eigenvalue weighted by atomic mass is 10.3. The molecule has 2 aromatic heterocycles. The molecule has 3 rings (SSSR count). The summed E-state index contributed by atoms with van der Waals surface area (Å²) in [6, 6.07) is 12.9. The van der Waals surface area contributed by atoms with Crippen molar-refractivity contribution in [3.8, 4) is 17.4 Å².